The third kappa shape index (κ3) is 2.72. The Balaban J connectivity index is 1.56. The second-order valence-electron chi connectivity index (χ2n) is 14.9. The van der Waals surface area contributed by atoms with Crippen molar-refractivity contribution < 1.29 is 9.53 Å². The van der Waals surface area contributed by atoms with Crippen LogP contribution in [-0.4, -0.2) is 12.1 Å². The molecule has 5 aliphatic rings. The molecule has 31 heavy (non-hydrogen) atoms. The van der Waals surface area contributed by atoms with Crippen LogP contribution in [0.5, 0.6) is 0 Å². The van der Waals surface area contributed by atoms with Crippen molar-refractivity contribution in [3.63, 3.8) is 0 Å². The van der Waals surface area contributed by atoms with Crippen molar-refractivity contribution in [2.45, 2.75) is 126 Å². The van der Waals surface area contributed by atoms with E-state index in [0.717, 1.165) is 11.8 Å². The maximum Gasteiger partial charge on any atom is 0.306 e. The molecule has 1 saturated heterocycles. The van der Waals surface area contributed by atoms with Gasteiger partial charge in [-0.15, -0.1) is 0 Å². The number of esters is 1. The first-order chi connectivity index (χ1) is 14.2. The molecule has 0 unspecified atom stereocenters. The Labute approximate surface area is 191 Å². The molecule has 9 atom stereocenters. The molecule has 1 heterocycles. The topological polar surface area (TPSA) is 26.3 Å². The molecule has 0 spiro atoms. The zero-order valence-electron chi connectivity index (χ0n) is 21.7. The predicted octanol–water partition coefficient (Wildman–Crippen LogP) is 7.79. The van der Waals surface area contributed by atoms with Gasteiger partial charge in [0.15, 0.2) is 0 Å². The molecule has 0 bridgehead atoms. The fraction of sp³-hybridized carbons (Fsp3) is 0.966. The molecule has 5 fully saturated rings. The van der Waals surface area contributed by atoms with E-state index in [9.17, 15) is 4.79 Å². The molecule has 4 saturated carbocycles. The van der Waals surface area contributed by atoms with Gasteiger partial charge in [-0.2, -0.15) is 0 Å². The highest BCUT2D eigenvalue weighted by Gasteiger charge is 2.71. The van der Waals surface area contributed by atoms with Crippen molar-refractivity contribution >= 4 is 5.97 Å². The van der Waals surface area contributed by atoms with Crippen LogP contribution in [-0.2, 0) is 9.53 Å². The average Bonchev–Trinajstić information content (AvgIpc) is 2.67. The standard InChI is InChI=1S/C29H48O2/c1-19-26(5)10-9-20-27(6,21(26)17-23(30)31-19)14-16-29(8)22-18-24(2,3)11-12-25(22,4)13-15-28(20,29)7/h19-22H,9-18H2,1-8H3/t19-,20+,21-,22-,25-,26-,27-,28-,29+/m1/s1. The number of hydrogen-bond acceptors (Lipinski definition) is 2. The summed E-state index contributed by atoms with van der Waals surface area (Å²) < 4.78 is 5.80. The van der Waals surface area contributed by atoms with E-state index in [2.05, 4.69) is 55.4 Å². The summed E-state index contributed by atoms with van der Waals surface area (Å²) in [5.41, 5.74) is 2.26. The molecule has 0 aromatic carbocycles. The summed E-state index contributed by atoms with van der Waals surface area (Å²) in [5, 5.41) is 0. The molecule has 2 heteroatoms. The Morgan fingerprint density at radius 3 is 2.03 bits per heavy atom. The highest BCUT2D eigenvalue weighted by atomic mass is 16.5. The molecule has 0 amide bonds. The predicted molar refractivity (Wildman–Crippen MR) is 127 cm³/mol. The highest BCUT2D eigenvalue weighted by Crippen LogP contribution is 2.78. The lowest BCUT2D eigenvalue weighted by atomic mass is 9.30. The summed E-state index contributed by atoms with van der Waals surface area (Å²) in [6.07, 6.45) is 12.9. The fourth-order valence-electron chi connectivity index (χ4n) is 10.6. The molecular formula is C29H48O2. The van der Waals surface area contributed by atoms with Gasteiger partial charge < -0.3 is 4.74 Å². The van der Waals surface area contributed by atoms with Gasteiger partial charge in [0, 0.05) is 11.8 Å². The third-order valence-electron chi connectivity index (χ3n) is 13.2. The minimum absolute atomic E-state index is 0.0561. The smallest absolute Gasteiger partial charge is 0.306 e. The molecule has 0 aromatic heterocycles. The maximum atomic E-state index is 12.6. The Hall–Kier alpha value is -0.530. The maximum absolute atomic E-state index is 12.6. The summed E-state index contributed by atoms with van der Waals surface area (Å²) in [5.74, 6) is 2.12. The number of ether oxygens (including phenoxy) is 1. The molecule has 4 aliphatic carbocycles. The summed E-state index contributed by atoms with van der Waals surface area (Å²) in [7, 11) is 0. The van der Waals surface area contributed by atoms with Crippen molar-refractivity contribution in [2.24, 2.45) is 50.2 Å². The van der Waals surface area contributed by atoms with E-state index in [-0.39, 0.29) is 22.9 Å². The van der Waals surface area contributed by atoms with Crippen LogP contribution in [0.3, 0.4) is 0 Å². The van der Waals surface area contributed by atoms with Crippen molar-refractivity contribution in [3.8, 4) is 0 Å². The zero-order valence-corrected chi connectivity index (χ0v) is 21.7. The minimum Gasteiger partial charge on any atom is -0.462 e. The lowest BCUT2D eigenvalue weighted by molar-refractivity contribution is -0.266. The van der Waals surface area contributed by atoms with Gasteiger partial charge in [0.1, 0.15) is 6.10 Å². The average molecular weight is 429 g/mol. The first kappa shape index (κ1) is 22.3. The van der Waals surface area contributed by atoms with Gasteiger partial charge in [-0.3, -0.25) is 4.79 Å². The van der Waals surface area contributed by atoms with Gasteiger partial charge in [0.25, 0.3) is 0 Å². The van der Waals surface area contributed by atoms with Gasteiger partial charge in [-0.1, -0.05) is 48.5 Å². The molecule has 0 N–H and O–H groups in total. The third-order valence-corrected chi connectivity index (χ3v) is 13.2. The zero-order chi connectivity index (χ0) is 22.7. The number of carbonyl (C=O) groups is 1. The van der Waals surface area contributed by atoms with Crippen LogP contribution in [0.4, 0.5) is 0 Å². The van der Waals surface area contributed by atoms with E-state index in [1.807, 2.05) is 0 Å². The first-order valence-electron chi connectivity index (χ1n) is 13.4. The number of rotatable bonds is 0. The lowest BCUT2D eigenvalue weighted by Crippen LogP contribution is -2.68. The van der Waals surface area contributed by atoms with E-state index >= 15 is 0 Å². The van der Waals surface area contributed by atoms with E-state index in [1.54, 1.807) is 0 Å². The van der Waals surface area contributed by atoms with Crippen molar-refractivity contribution in [2.75, 3.05) is 0 Å². The van der Waals surface area contributed by atoms with Crippen LogP contribution in [0, 0.1) is 50.2 Å². The number of fused-ring (bicyclic) bond motifs is 7. The molecule has 0 aromatic rings. The van der Waals surface area contributed by atoms with Crippen LogP contribution >= 0.6 is 0 Å². The number of carbonyl (C=O) groups excluding carboxylic acids is 1. The SMILES string of the molecule is C[C@H]1OC(=O)C[C@@H]2[C@]1(C)CC[C@H]1[C@@]2(C)CC[C@@]2(C)[C@@H]3CC(C)(C)CC[C@]3(C)CC[C@]12C. The van der Waals surface area contributed by atoms with Crippen molar-refractivity contribution in [1.29, 1.82) is 0 Å². The largest absolute Gasteiger partial charge is 0.462 e. The molecule has 1 aliphatic heterocycles. The Bertz CT molecular complexity index is 786. The fourth-order valence-corrected chi connectivity index (χ4v) is 10.6. The second kappa shape index (κ2) is 6.32. The van der Waals surface area contributed by atoms with Crippen molar-refractivity contribution in [1.82, 2.24) is 0 Å². The summed E-state index contributed by atoms with van der Waals surface area (Å²) >= 11 is 0. The highest BCUT2D eigenvalue weighted by molar-refractivity contribution is 5.71. The summed E-state index contributed by atoms with van der Waals surface area (Å²) in [6.45, 7) is 20.3. The van der Waals surface area contributed by atoms with Crippen LogP contribution < -0.4 is 0 Å². The first-order valence-corrected chi connectivity index (χ1v) is 13.4. The lowest BCUT2D eigenvalue weighted by Gasteiger charge is -2.74. The Morgan fingerprint density at radius 1 is 0.710 bits per heavy atom. The van der Waals surface area contributed by atoms with Crippen LogP contribution in [0.15, 0.2) is 0 Å². The molecule has 0 radical (unpaired) electrons. The quantitative estimate of drug-likeness (QED) is 0.368. The van der Waals surface area contributed by atoms with Gasteiger partial charge >= 0.3 is 5.97 Å². The number of cyclic esters (lactones) is 1. The summed E-state index contributed by atoms with van der Waals surface area (Å²) in [6, 6.07) is 0. The second-order valence-corrected chi connectivity index (χ2v) is 14.9. The Kier molecular flexibility index (Phi) is 4.54. The molecule has 5 rings (SSSR count). The van der Waals surface area contributed by atoms with Crippen molar-refractivity contribution in [3.05, 3.63) is 0 Å². The van der Waals surface area contributed by atoms with E-state index < -0.39 is 0 Å². The van der Waals surface area contributed by atoms with E-state index in [0.29, 0.717) is 34.0 Å². The van der Waals surface area contributed by atoms with Gasteiger partial charge in [0.2, 0.25) is 0 Å². The molecule has 176 valence electrons. The van der Waals surface area contributed by atoms with Crippen LogP contribution in [0.1, 0.15) is 120 Å². The van der Waals surface area contributed by atoms with Gasteiger partial charge in [0.05, 0.1) is 0 Å². The molecular weight excluding hydrogens is 380 g/mol. The summed E-state index contributed by atoms with van der Waals surface area (Å²) in [4.78, 5) is 12.6. The number of hydrogen-bond donors (Lipinski definition) is 0. The van der Waals surface area contributed by atoms with Crippen LogP contribution in [0.2, 0.25) is 0 Å². The van der Waals surface area contributed by atoms with Gasteiger partial charge in [-0.05, 0) is 110 Å². The van der Waals surface area contributed by atoms with E-state index in [1.165, 1.54) is 57.8 Å². The Morgan fingerprint density at radius 2 is 1.32 bits per heavy atom. The monoisotopic (exact) mass is 428 g/mol. The minimum atomic E-state index is 0.0561. The van der Waals surface area contributed by atoms with Gasteiger partial charge in [-0.25, -0.2) is 0 Å². The van der Waals surface area contributed by atoms with E-state index in [4.69, 9.17) is 4.74 Å². The molecule has 2 nitrogen and oxygen atoms in total. The van der Waals surface area contributed by atoms with Crippen LogP contribution in [0.25, 0.3) is 0 Å². The normalized spacial score (nSPS) is 58.3.